The Balaban J connectivity index is 1.41. The minimum Gasteiger partial charge on any atom is -0.409 e. The summed E-state index contributed by atoms with van der Waals surface area (Å²) >= 11 is 11.2. The van der Waals surface area contributed by atoms with E-state index in [1.165, 1.54) is 0 Å². The van der Waals surface area contributed by atoms with Gasteiger partial charge in [-0.25, -0.2) is 9.67 Å². The number of aromatic nitrogens is 4. The zero-order valence-electron chi connectivity index (χ0n) is 14.0. The Morgan fingerprint density at radius 2 is 1.85 bits per heavy atom. The summed E-state index contributed by atoms with van der Waals surface area (Å²) in [6, 6.07) is 7.35. The van der Waals surface area contributed by atoms with Crippen LogP contribution >= 0.6 is 23.8 Å². The van der Waals surface area contributed by atoms with Crippen LogP contribution in [0.1, 0.15) is 0 Å². The van der Waals surface area contributed by atoms with Crippen LogP contribution in [0.5, 0.6) is 0 Å². The summed E-state index contributed by atoms with van der Waals surface area (Å²) in [6.45, 7) is 4.15. The molecule has 0 aliphatic carbocycles. The topological polar surface area (TPSA) is 63.2 Å². The number of hydrogen-bond acceptors (Lipinski definition) is 7. The third kappa shape index (κ3) is 3.77. The molecule has 1 aliphatic heterocycles. The van der Waals surface area contributed by atoms with Crippen molar-refractivity contribution < 1.29 is 4.42 Å². The zero-order chi connectivity index (χ0) is 17.9. The van der Waals surface area contributed by atoms with E-state index in [1.54, 1.807) is 35.4 Å². The molecule has 1 aliphatic rings. The normalized spacial score (nSPS) is 15.3. The van der Waals surface area contributed by atoms with Crippen LogP contribution in [0.3, 0.4) is 0 Å². The number of rotatable bonds is 4. The fraction of sp³-hybridized carbons (Fsp3) is 0.294. The highest BCUT2D eigenvalue weighted by molar-refractivity contribution is 7.71. The highest BCUT2D eigenvalue weighted by Crippen LogP contribution is 2.20. The SMILES string of the molecule is S=c1oc(-c2ccc(Cl)cc2)nn1CN1CCN(c2cnccn2)CC1. The molecule has 9 heteroatoms. The number of halogens is 1. The van der Waals surface area contributed by atoms with E-state index in [1.807, 2.05) is 12.1 Å². The third-order valence-electron chi connectivity index (χ3n) is 4.28. The van der Waals surface area contributed by atoms with E-state index in [-0.39, 0.29) is 0 Å². The van der Waals surface area contributed by atoms with Gasteiger partial charge in [0.1, 0.15) is 5.82 Å². The average Bonchev–Trinajstić information content (AvgIpc) is 3.04. The highest BCUT2D eigenvalue weighted by atomic mass is 35.5. The van der Waals surface area contributed by atoms with E-state index >= 15 is 0 Å². The molecule has 0 radical (unpaired) electrons. The lowest BCUT2D eigenvalue weighted by Crippen LogP contribution is -2.47. The van der Waals surface area contributed by atoms with Gasteiger partial charge in [-0.15, -0.1) is 5.10 Å². The van der Waals surface area contributed by atoms with Crippen LogP contribution in [-0.2, 0) is 6.67 Å². The Labute approximate surface area is 160 Å². The van der Waals surface area contributed by atoms with Gasteiger partial charge in [0.15, 0.2) is 0 Å². The second kappa shape index (κ2) is 7.53. The summed E-state index contributed by atoms with van der Waals surface area (Å²) in [6.07, 6.45) is 5.20. The molecular weight excluding hydrogens is 372 g/mol. The molecule has 1 saturated heterocycles. The second-order valence-electron chi connectivity index (χ2n) is 5.99. The molecule has 0 unspecified atom stereocenters. The molecule has 1 fully saturated rings. The summed E-state index contributed by atoms with van der Waals surface area (Å²) in [5, 5.41) is 5.18. The molecule has 3 aromatic rings. The van der Waals surface area contributed by atoms with Gasteiger partial charge in [-0.1, -0.05) is 11.6 Å². The summed E-state index contributed by atoms with van der Waals surface area (Å²) in [7, 11) is 0. The first-order valence-corrected chi connectivity index (χ1v) is 9.05. The van der Waals surface area contributed by atoms with Gasteiger partial charge >= 0.3 is 0 Å². The lowest BCUT2D eigenvalue weighted by molar-refractivity contribution is 0.192. The van der Waals surface area contributed by atoms with Crippen molar-refractivity contribution in [1.29, 1.82) is 0 Å². The predicted octanol–water partition coefficient (Wildman–Crippen LogP) is 3.10. The van der Waals surface area contributed by atoms with Crippen molar-refractivity contribution in [2.24, 2.45) is 0 Å². The van der Waals surface area contributed by atoms with E-state index in [2.05, 4.69) is 24.9 Å². The maximum atomic E-state index is 5.92. The number of nitrogens with zero attached hydrogens (tertiary/aromatic N) is 6. The highest BCUT2D eigenvalue weighted by Gasteiger charge is 2.19. The van der Waals surface area contributed by atoms with E-state index < -0.39 is 0 Å². The summed E-state index contributed by atoms with van der Waals surface area (Å²) < 4.78 is 7.36. The van der Waals surface area contributed by atoms with Gasteiger partial charge in [-0.2, -0.15) is 0 Å². The fourth-order valence-electron chi connectivity index (χ4n) is 2.87. The second-order valence-corrected chi connectivity index (χ2v) is 6.78. The van der Waals surface area contributed by atoms with E-state index in [9.17, 15) is 0 Å². The molecule has 3 heterocycles. The minimum atomic E-state index is 0.367. The van der Waals surface area contributed by atoms with Crippen molar-refractivity contribution >= 4 is 29.6 Å². The zero-order valence-corrected chi connectivity index (χ0v) is 15.5. The fourth-order valence-corrected chi connectivity index (χ4v) is 3.17. The first kappa shape index (κ1) is 17.1. The van der Waals surface area contributed by atoms with Crippen LogP contribution in [-0.4, -0.2) is 50.8 Å². The van der Waals surface area contributed by atoms with Crippen molar-refractivity contribution in [1.82, 2.24) is 24.6 Å². The van der Waals surface area contributed by atoms with Gasteiger partial charge in [0, 0.05) is 49.2 Å². The van der Waals surface area contributed by atoms with Crippen molar-refractivity contribution in [3.63, 3.8) is 0 Å². The molecule has 0 saturated carbocycles. The van der Waals surface area contributed by atoms with Crippen LogP contribution in [0.25, 0.3) is 11.5 Å². The van der Waals surface area contributed by atoms with Crippen LogP contribution < -0.4 is 4.90 Å². The molecule has 2 aromatic heterocycles. The number of piperazine rings is 1. The molecule has 0 N–H and O–H groups in total. The molecule has 0 spiro atoms. The molecule has 0 bridgehead atoms. The van der Waals surface area contributed by atoms with Crippen LogP contribution in [0, 0.1) is 4.84 Å². The Bertz CT molecular complexity index is 918. The molecule has 1 aromatic carbocycles. The maximum absolute atomic E-state index is 5.92. The van der Waals surface area contributed by atoms with Gasteiger partial charge in [0.25, 0.3) is 4.84 Å². The van der Waals surface area contributed by atoms with Gasteiger partial charge in [0.2, 0.25) is 5.89 Å². The van der Waals surface area contributed by atoms with Gasteiger partial charge in [0.05, 0.1) is 12.9 Å². The summed E-state index contributed by atoms with van der Waals surface area (Å²) in [5.41, 5.74) is 0.853. The van der Waals surface area contributed by atoms with E-state index in [0.717, 1.165) is 37.6 Å². The Morgan fingerprint density at radius 1 is 1.08 bits per heavy atom. The first-order valence-electron chi connectivity index (χ1n) is 8.26. The molecule has 134 valence electrons. The monoisotopic (exact) mass is 388 g/mol. The van der Waals surface area contributed by atoms with Crippen LogP contribution in [0.15, 0.2) is 47.3 Å². The quantitative estimate of drug-likeness (QED) is 0.636. The Morgan fingerprint density at radius 3 is 2.54 bits per heavy atom. The van der Waals surface area contributed by atoms with E-state index in [4.69, 9.17) is 28.2 Å². The van der Waals surface area contributed by atoms with Crippen molar-refractivity contribution in [2.45, 2.75) is 6.67 Å². The van der Waals surface area contributed by atoms with Gasteiger partial charge < -0.3 is 9.32 Å². The maximum Gasteiger partial charge on any atom is 0.288 e. The van der Waals surface area contributed by atoms with Crippen molar-refractivity contribution in [2.75, 3.05) is 31.1 Å². The molecule has 0 amide bonds. The lowest BCUT2D eigenvalue weighted by Gasteiger charge is -2.34. The van der Waals surface area contributed by atoms with Crippen molar-refractivity contribution in [3.05, 3.63) is 52.7 Å². The average molecular weight is 389 g/mol. The van der Waals surface area contributed by atoms with Gasteiger partial charge in [-0.3, -0.25) is 9.88 Å². The number of hydrogen-bond donors (Lipinski definition) is 0. The molecule has 0 atom stereocenters. The standard InChI is InChI=1S/C17H17ClN6OS/c18-14-3-1-13(2-4-14)16-21-24(17(26)25-16)12-22-7-9-23(10-8-22)15-11-19-5-6-20-15/h1-6,11H,7-10,12H2. The lowest BCUT2D eigenvalue weighted by atomic mass is 10.2. The molecule has 7 nitrogen and oxygen atoms in total. The summed E-state index contributed by atoms with van der Waals surface area (Å²) in [5.74, 6) is 1.42. The number of anilines is 1. The number of benzene rings is 1. The minimum absolute atomic E-state index is 0.367. The van der Waals surface area contributed by atoms with Crippen molar-refractivity contribution in [3.8, 4) is 11.5 Å². The smallest absolute Gasteiger partial charge is 0.288 e. The molecule has 4 rings (SSSR count). The third-order valence-corrected chi connectivity index (χ3v) is 4.82. The Kier molecular flexibility index (Phi) is 4.96. The predicted molar refractivity (Wildman–Crippen MR) is 102 cm³/mol. The largest absolute Gasteiger partial charge is 0.409 e. The van der Waals surface area contributed by atoms with Crippen LogP contribution in [0.2, 0.25) is 5.02 Å². The van der Waals surface area contributed by atoms with Crippen LogP contribution in [0.4, 0.5) is 5.82 Å². The van der Waals surface area contributed by atoms with E-state index in [0.29, 0.717) is 22.4 Å². The first-order chi connectivity index (χ1) is 12.7. The van der Waals surface area contributed by atoms with Gasteiger partial charge in [-0.05, 0) is 36.5 Å². The summed E-state index contributed by atoms with van der Waals surface area (Å²) in [4.78, 5) is 13.4. The molecular formula is C17H17ClN6OS. The Hall–Kier alpha value is -2.29. The molecule has 26 heavy (non-hydrogen) atoms.